The van der Waals surface area contributed by atoms with Crippen LogP contribution in [0.4, 0.5) is 15.9 Å². The third-order valence-electron chi connectivity index (χ3n) is 4.90. The average Bonchev–Trinajstić information content (AvgIpc) is 3.05. The van der Waals surface area contributed by atoms with E-state index in [0.717, 1.165) is 22.6 Å². The van der Waals surface area contributed by atoms with Crippen molar-refractivity contribution in [3.05, 3.63) is 71.9 Å². The summed E-state index contributed by atoms with van der Waals surface area (Å²) in [5.74, 6) is 0.935. The second-order valence-electron chi connectivity index (χ2n) is 8.05. The van der Waals surface area contributed by atoms with Gasteiger partial charge in [-0.25, -0.2) is 9.37 Å². The van der Waals surface area contributed by atoms with Crippen LogP contribution in [0.25, 0.3) is 17.5 Å². The van der Waals surface area contributed by atoms with Gasteiger partial charge in [0.2, 0.25) is 5.91 Å². The van der Waals surface area contributed by atoms with Crippen LogP contribution in [0, 0.1) is 12.7 Å². The Morgan fingerprint density at radius 2 is 1.90 bits per heavy atom. The van der Waals surface area contributed by atoms with Crippen molar-refractivity contribution in [2.45, 2.75) is 32.9 Å². The van der Waals surface area contributed by atoms with Crippen LogP contribution in [0.3, 0.4) is 0 Å². The number of aromatic nitrogens is 2. The first kappa shape index (κ1) is 19.8. The summed E-state index contributed by atoms with van der Waals surface area (Å²) >= 11 is 0. The molecule has 0 saturated carbocycles. The topological polar surface area (TPSA) is 76.2 Å². The van der Waals surface area contributed by atoms with Gasteiger partial charge >= 0.3 is 0 Å². The van der Waals surface area contributed by atoms with Gasteiger partial charge in [-0.3, -0.25) is 9.36 Å². The summed E-state index contributed by atoms with van der Waals surface area (Å²) in [6, 6.07) is 14.2. The Balaban J connectivity index is 1.78. The SMILES string of the molecule is Cc1cccc(Nc2c(-c3ccc(F)cc3)nc3n2C=CN(C(=O)C(C)(C)N)C3)c1. The fraction of sp³-hybridized carbons (Fsp3) is 0.217. The van der Waals surface area contributed by atoms with Gasteiger partial charge in [0.1, 0.15) is 23.2 Å². The molecule has 0 bridgehead atoms. The molecular weight excluding hydrogens is 381 g/mol. The highest BCUT2D eigenvalue weighted by molar-refractivity contribution is 5.87. The third kappa shape index (κ3) is 3.84. The maximum absolute atomic E-state index is 13.5. The number of benzene rings is 2. The van der Waals surface area contributed by atoms with Gasteiger partial charge in [-0.2, -0.15) is 0 Å². The lowest BCUT2D eigenvalue weighted by Crippen LogP contribution is -2.49. The van der Waals surface area contributed by atoms with E-state index in [9.17, 15) is 9.18 Å². The van der Waals surface area contributed by atoms with E-state index in [1.165, 1.54) is 12.1 Å². The van der Waals surface area contributed by atoms with E-state index in [1.807, 2.05) is 35.8 Å². The third-order valence-corrected chi connectivity index (χ3v) is 4.90. The number of imidazole rings is 1. The van der Waals surface area contributed by atoms with Crippen molar-refractivity contribution in [1.82, 2.24) is 14.5 Å². The van der Waals surface area contributed by atoms with Crippen molar-refractivity contribution >= 4 is 23.6 Å². The first-order valence-electron chi connectivity index (χ1n) is 9.71. The number of rotatable bonds is 4. The highest BCUT2D eigenvalue weighted by Crippen LogP contribution is 2.34. The van der Waals surface area contributed by atoms with E-state index in [4.69, 9.17) is 10.7 Å². The standard InChI is InChI=1S/C23H24FN5O/c1-15-5-4-6-18(13-15)26-21-20(16-7-9-17(24)10-8-16)27-19-14-28(11-12-29(19)21)22(30)23(2,3)25/h4-13,26H,14,25H2,1-3H3. The maximum Gasteiger partial charge on any atom is 0.246 e. The number of fused-ring (bicyclic) bond motifs is 1. The average molecular weight is 405 g/mol. The minimum Gasteiger partial charge on any atom is -0.339 e. The zero-order valence-electron chi connectivity index (χ0n) is 17.2. The summed E-state index contributed by atoms with van der Waals surface area (Å²) < 4.78 is 15.4. The Morgan fingerprint density at radius 3 is 2.57 bits per heavy atom. The predicted octanol–water partition coefficient (Wildman–Crippen LogP) is 4.25. The highest BCUT2D eigenvalue weighted by atomic mass is 19.1. The Kier molecular flexibility index (Phi) is 4.91. The molecule has 0 aliphatic carbocycles. The molecule has 1 aliphatic heterocycles. The zero-order chi connectivity index (χ0) is 21.5. The number of amides is 1. The highest BCUT2D eigenvalue weighted by Gasteiger charge is 2.30. The molecule has 0 saturated heterocycles. The molecule has 3 N–H and O–H groups in total. The van der Waals surface area contributed by atoms with Crippen LogP contribution < -0.4 is 11.1 Å². The number of hydrogen-bond acceptors (Lipinski definition) is 4. The molecule has 6 nitrogen and oxygen atoms in total. The summed E-state index contributed by atoms with van der Waals surface area (Å²) in [6.07, 6.45) is 3.50. The van der Waals surface area contributed by atoms with E-state index in [0.29, 0.717) is 18.1 Å². The molecule has 0 unspecified atom stereocenters. The summed E-state index contributed by atoms with van der Waals surface area (Å²) in [4.78, 5) is 19.0. The molecule has 1 aromatic heterocycles. The predicted molar refractivity (Wildman–Crippen MR) is 116 cm³/mol. The van der Waals surface area contributed by atoms with Gasteiger partial charge in [0.15, 0.2) is 0 Å². The van der Waals surface area contributed by atoms with Crippen LogP contribution in [0.1, 0.15) is 25.2 Å². The molecular formula is C23H24FN5O. The van der Waals surface area contributed by atoms with Crippen LogP contribution in [0.2, 0.25) is 0 Å². The number of carbonyl (C=O) groups excluding carboxylic acids is 1. The quantitative estimate of drug-likeness (QED) is 0.680. The Labute approximate surface area is 174 Å². The molecule has 1 aliphatic rings. The number of nitrogens with two attached hydrogens (primary N) is 1. The van der Waals surface area contributed by atoms with Gasteiger partial charge in [0.05, 0.1) is 12.1 Å². The van der Waals surface area contributed by atoms with Gasteiger partial charge in [0, 0.05) is 23.7 Å². The van der Waals surface area contributed by atoms with Crippen LogP contribution in [0.15, 0.2) is 54.7 Å². The van der Waals surface area contributed by atoms with Crippen molar-refractivity contribution in [3.63, 3.8) is 0 Å². The number of nitrogens with zero attached hydrogens (tertiary/aromatic N) is 3. The molecule has 154 valence electrons. The molecule has 0 radical (unpaired) electrons. The Hall–Kier alpha value is -3.45. The minimum atomic E-state index is -0.985. The number of halogens is 1. The van der Waals surface area contributed by atoms with Crippen molar-refractivity contribution in [3.8, 4) is 11.3 Å². The van der Waals surface area contributed by atoms with Gasteiger partial charge in [0.25, 0.3) is 0 Å². The van der Waals surface area contributed by atoms with Crippen molar-refractivity contribution in [1.29, 1.82) is 0 Å². The molecule has 0 atom stereocenters. The largest absolute Gasteiger partial charge is 0.339 e. The van der Waals surface area contributed by atoms with Gasteiger partial charge in [-0.1, -0.05) is 12.1 Å². The Morgan fingerprint density at radius 1 is 1.17 bits per heavy atom. The second-order valence-corrected chi connectivity index (χ2v) is 8.05. The summed E-state index contributed by atoms with van der Waals surface area (Å²) in [5.41, 5.74) is 8.49. The lowest BCUT2D eigenvalue weighted by Gasteiger charge is -2.28. The molecule has 3 aromatic rings. The van der Waals surface area contributed by atoms with Crippen LogP contribution in [0.5, 0.6) is 0 Å². The zero-order valence-corrected chi connectivity index (χ0v) is 17.2. The molecule has 7 heteroatoms. The minimum absolute atomic E-state index is 0.190. The lowest BCUT2D eigenvalue weighted by molar-refractivity contribution is -0.133. The first-order chi connectivity index (χ1) is 14.2. The number of nitrogens with one attached hydrogen (secondary N) is 1. The molecule has 4 rings (SSSR count). The second kappa shape index (κ2) is 7.42. The monoisotopic (exact) mass is 405 g/mol. The Bertz CT molecular complexity index is 1130. The van der Waals surface area contributed by atoms with E-state index in [-0.39, 0.29) is 11.7 Å². The van der Waals surface area contributed by atoms with E-state index in [1.54, 1.807) is 43.3 Å². The van der Waals surface area contributed by atoms with Crippen LogP contribution in [-0.4, -0.2) is 25.9 Å². The summed E-state index contributed by atoms with van der Waals surface area (Å²) in [7, 11) is 0. The molecule has 2 heterocycles. The van der Waals surface area contributed by atoms with Crippen molar-refractivity contribution in [2.24, 2.45) is 5.73 Å². The van der Waals surface area contributed by atoms with Crippen molar-refractivity contribution in [2.75, 3.05) is 5.32 Å². The molecule has 0 fully saturated rings. The summed E-state index contributed by atoms with van der Waals surface area (Å²) in [5, 5.41) is 3.44. The number of carbonyl (C=O) groups is 1. The lowest BCUT2D eigenvalue weighted by atomic mass is 10.1. The van der Waals surface area contributed by atoms with Crippen LogP contribution in [-0.2, 0) is 11.3 Å². The van der Waals surface area contributed by atoms with E-state index < -0.39 is 5.54 Å². The molecule has 30 heavy (non-hydrogen) atoms. The number of aryl methyl sites for hydroxylation is 1. The van der Waals surface area contributed by atoms with Crippen molar-refractivity contribution < 1.29 is 9.18 Å². The molecule has 1 amide bonds. The van der Waals surface area contributed by atoms with E-state index in [2.05, 4.69) is 5.32 Å². The normalized spacial score (nSPS) is 13.3. The van der Waals surface area contributed by atoms with Gasteiger partial charge < -0.3 is 16.0 Å². The van der Waals surface area contributed by atoms with Gasteiger partial charge in [-0.15, -0.1) is 0 Å². The van der Waals surface area contributed by atoms with Gasteiger partial charge in [-0.05, 0) is 62.7 Å². The molecule has 0 spiro atoms. The fourth-order valence-corrected chi connectivity index (χ4v) is 3.40. The fourth-order valence-electron chi connectivity index (χ4n) is 3.40. The van der Waals surface area contributed by atoms with Crippen LogP contribution >= 0.6 is 0 Å². The summed E-state index contributed by atoms with van der Waals surface area (Å²) in [6.45, 7) is 5.67. The van der Waals surface area contributed by atoms with E-state index >= 15 is 0 Å². The molecule has 2 aromatic carbocycles. The first-order valence-corrected chi connectivity index (χ1v) is 9.71. The number of hydrogen-bond donors (Lipinski definition) is 2. The number of anilines is 2. The smallest absolute Gasteiger partial charge is 0.246 e. The maximum atomic E-state index is 13.5.